The molecule has 0 aromatic heterocycles. The number of benzene rings is 3. The fraction of sp³-hybridized carbons (Fsp3) is 0.100. The number of ether oxygens (including phenoxy) is 3. The van der Waals surface area contributed by atoms with Crippen molar-refractivity contribution in [3.05, 3.63) is 74.7 Å². The van der Waals surface area contributed by atoms with Gasteiger partial charge in [0.25, 0.3) is 0 Å². The van der Waals surface area contributed by atoms with E-state index >= 15 is 0 Å². The first-order chi connectivity index (χ1) is 13.9. The van der Waals surface area contributed by atoms with Gasteiger partial charge in [0.05, 0.1) is 17.2 Å². The van der Waals surface area contributed by atoms with Crippen LogP contribution >= 0.6 is 39.1 Å². The first-order valence-corrected chi connectivity index (χ1v) is 10.9. The lowest BCUT2D eigenvalue weighted by Crippen LogP contribution is -2.00. The summed E-state index contributed by atoms with van der Waals surface area (Å²) in [4.78, 5) is 0.0698. The minimum Gasteiger partial charge on any atom is -0.497 e. The highest BCUT2D eigenvalue weighted by Crippen LogP contribution is 2.40. The summed E-state index contributed by atoms with van der Waals surface area (Å²) in [6, 6.07) is 15.2. The Morgan fingerprint density at radius 2 is 1.62 bits per heavy atom. The van der Waals surface area contributed by atoms with Gasteiger partial charge in [-0.3, -0.25) is 0 Å². The zero-order valence-electron chi connectivity index (χ0n) is 15.0. The van der Waals surface area contributed by atoms with E-state index in [0.717, 1.165) is 11.3 Å². The maximum atomic E-state index is 11.8. The Bertz CT molecular complexity index is 1020. The topological polar surface area (TPSA) is 65.0 Å². The number of hydrogen-bond donors (Lipinski definition) is 1. The fourth-order valence-electron chi connectivity index (χ4n) is 2.43. The van der Waals surface area contributed by atoms with Crippen LogP contribution in [0.4, 0.5) is 0 Å². The fourth-order valence-corrected chi connectivity index (χ4v) is 4.24. The maximum absolute atomic E-state index is 11.8. The zero-order valence-corrected chi connectivity index (χ0v) is 18.9. The van der Waals surface area contributed by atoms with E-state index in [1.165, 1.54) is 6.07 Å². The van der Waals surface area contributed by atoms with Gasteiger partial charge in [0, 0.05) is 10.5 Å². The summed E-state index contributed by atoms with van der Waals surface area (Å²) in [7, 11) is 1.59. The average Bonchev–Trinajstić information content (AvgIpc) is 2.69. The SMILES string of the molecule is COc1ccc(COc2ccc(Oc3c(Cl)cc(Br)cc3Cl)cc2S(=O)O)cc1. The highest BCUT2D eigenvalue weighted by atomic mass is 79.9. The van der Waals surface area contributed by atoms with Crippen molar-refractivity contribution in [2.75, 3.05) is 7.11 Å². The molecule has 0 bridgehead atoms. The molecule has 0 saturated heterocycles. The van der Waals surface area contributed by atoms with Crippen LogP contribution in [-0.4, -0.2) is 15.9 Å². The van der Waals surface area contributed by atoms with Crippen molar-refractivity contribution >= 4 is 50.2 Å². The van der Waals surface area contributed by atoms with Crippen molar-refractivity contribution in [1.82, 2.24) is 0 Å². The van der Waals surface area contributed by atoms with Gasteiger partial charge in [0.1, 0.15) is 28.8 Å². The van der Waals surface area contributed by atoms with Crippen molar-refractivity contribution in [2.45, 2.75) is 11.5 Å². The molecule has 1 unspecified atom stereocenters. The van der Waals surface area contributed by atoms with E-state index in [1.54, 1.807) is 31.4 Å². The van der Waals surface area contributed by atoms with Crippen LogP contribution in [-0.2, 0) is 17.7 Å². The maximum Gasteiger partial charge on any atom is 0.190 e. The molecule has 0 aliphatic carbocycles. The Morgan fingerprint density at radius 3 is 2.21 bits per heavy atom. The quantitative estimate of drug-likeness (QED) is 0.352. The second-order valence-corrected chi connectivity index (χ2v) is 8.46. The molecule has 29 heavy (non-hydrogen) atoms. The predicted molar refractivity (Wildman–Crippen MR) is 117 cm³/mol. The molecule has 0 amide bonds. The third kappa shape index (κ3) is 5.65. The summed E-state index contributed by atoms with van der Waals surface area (Å²) in [6.45, 7) is 0.221. The molecule has 0 fully saturated rings. The standard InChI is InChI=1S/C20H15BrCl2O5S/c1-26-14-4-2-12(3-5-14)11-27-18-7-6-15(10-19(18)29(24)25)28-20-16(22)8-13(21)9-17(20)23/h2-10H,11H2,1H3,(H,24,25). The summed E-state index contributed by atoms with van der Waals surface area (Å²) >= 11 is 13.4. The number of halogens is 3. The van der Waals surface area contributed by atoms with Gasteiger partial charge >= 0.3 is 0 Å². The highest BCUT2D eigenvalue weighted by molar-refractivity contribution is 9.10. The Hall–Kier alpha value is -1.77. The molecule has 3 aromatic carbocycles. The van der Waals surface area contributed by atoms with Gasteiger partial charge in [-0.2, -0.15) is 0 Å². The molecule has 3 rings (SSSR count). The third-order valence-electron chi connectivity index (χ3n) is 3.84. The molecule has 0 spiro atoms. The van der Waals surface area contributed by atoms with Crippen LogP contribution in [0.25, 0.3) is 0 Å². The Morgan fingerprint density at radius 1 is 1.00 bits per heavy atom. The monoisotopic (exact) mass is 516 g/mol. The molecular formula is C20H15BrCl2O5S. The molecule has 0 saturated carbocycles. The summed E-state index contributed by atoms with van der Waals surface area (Å²) in [5.41, 5.74) is 0.884. The van der Waals surface area contributed by atoms with Gasteiger partial charge in [-0.15, -0.1) is 0 Å². The lowest BCUT2D eigenvalue weighted by Gasteiger charge is -2.13. The first kappa shape index (κ1) is 21.9. The van der Waals surface area contributed by atoms with Gasteiger partial charge in [-0.1, -0.05) is 51.3 Å². The van der Waals surface area contributed by atoms with Gasteiger partial charge in [0.15, 0.2) is 16.8 Å². The van der Waals surface area contributed by atoms with Crippen LogP contribution in [0.2, 0.25) is 10.0 Å². The Kier molecular flexibility index (Phi) is 7.43. The smallest absolute Gasteiger partial charge is 0.190 e. The van der Waals surface area contributed by atoms with E-state index in [1.807, 2.05) is 24.3 Å². The molecular weight excluding hydrogens is 503 g/mol. The number of hydrogen-bond acceptors (Lipinski definition) is 4. The van der Waals surface area contributed by atoms with E-state index in [-0.39, 0.29) is 23.0 Å². The van der Waals surface area contributed by atoms with Crippen molar-refractivity contribution in [3.63, 3.8) is 0 Å². The number of methoxy groups -OCH3 is 1. The second kappa shape index (κ2) is 9.82. The molecule has 152 valence electrons. The lowest BCUT2D eigenvalue weighted by atomic mass is 10.2. The first-order valence-electron chi connectivity index (χ1n) is 8.20. The minimum absolute atomic E-state index is 0.0698. The lowest BCUT2D eigenvalue weighted by molar-refractivity contribution is 0.297. The molecule has 9 heteroatoms. The van der Waals surface area contributed by atoms with Gasteiger partial charge in [-0.25, -0.2) is 4.21 Å². The molecule has 0 aliphatic rings. The Labute approximate surface area is 188 Å². The van der Waals surface area contributed by atoms with Crippen molar-refractivity contribution in [2.24, 2.45) is 0 Å². The van der Waals surface area contributed by atoms with Gasteiger partial charge in [0.2, 0.25) is 0 Å². The van der Waals surface area contributed by atoms with Crippen LogP contribution < -0.4 is 14.2 Å². The third-order valence-corrected chi connectivity index (χ3v) is 5.55. The van der Waals surface area contributed by atoms with Gasteiger partial charge in [-0.05, 0) is 42.0 Å². The van der Waals surface area contributed by atoms with E-state index in [2.05, 4.69) is 15.9 Å². The number of rotatable bonds is 7. The van der Waals surface area contributed by atoms with E-state index in [9.17, 15) is 8.76 Å². The molecule has 0 radical (unpaired) electrons. The minimum atomic E-state index is -2.28. The normalized spacial score (nSPS) is 11.8. The summed E-state index contributed by atoms with van der Waals surface area (Å²) in [6.07, 6.45) is 0. The van der Waals surface area contributed by atoms with Crippen LogP contribution in [0.15, 0.2) is 64.0 Å². The zero-order chi connectivity index (χ0) is 21.0. The molecule has 0 aliphatic heterocycles. The van der Waals surface area contributed by atoms with E-state index in [4.69, 9.17) is 37.4 Å². The van der Waals surface area contributed by atoms with E-state index < -0.39 is 11.1 Å². The van der Waals surface area contributed by atoms with Crippen LogP contribution in [0.1, 0.15) is 5.56 Å². The van der Waals surface area contributed by atoms with E-state index in [0.29, 0.717) is 20.3 Å². The molecule has 1 N–H and O–H groups in total. The van der Waals surface area contributed by atoms with Crippen LogP contribution in [0.3, 0.4) is 0 Å². The molecule has 3 aromatic rings. The van der Waals surface area contributed by atoms with Crippen molar-refractivity contribution in [1.29, 1.82) is 0 Å². The summed E-state index contributed by atoms with van der Waals surface area (Å²) < 4.78 is 38.7. The van der Waals surface area contributed by atoms with Crippen LogP contribution in [0, 0.1) is 0 Å². The predicted octanol–water partition coefficient (Wildman–Crippen LogP) is 6.72. The van der Waals surface area contributed by atoms with Crippen LogP contribution in [0.5, 0.6) is 23.0 Å². The molecule has 5 nitrogen and oxygen atoms in total. The summed E-state index contributed by atoms with van der Waals surface area (Å²) in [5.74, 6) is 1.54. The highest BCUT2D eigenvalue weighted by Gasteiger charge is 2.15. The Balaban J connectivity index is 1.80. The van der Waals surface area contributed by atoms with Crippen molar-refractivity contribution in [3.8, 4) is 23.0 Å². The molecule has 0 heterocycles. The largest absolute Gasteiger partial charge is 0.497 e. The van der Waals surface area contributed by atoms with Crippen molar-refractivity contribution < 1.29 is 23.0 Å². The summed E-state index contributed by atoms with van der Waals surface area (Å²) in [5, 5.41) is 0.603. The molecule has 1 atom stereocenters. The second-order valence-electron chi connectivity index (χ2n) is 5.80. The van der Waals surface area contributed by atoms with Gasteiger partial charge < -0.3 is 18.8 Å². The average molecular weight is 518 g/mol.